The van der Waals surface area contributed by atoms with Gasteiger partial charge in [0.15, 0.2) is 0 Å². The first-order chi connectivity index (χ1) is 10.1. The molecule has 106 valence electrons. The van der Waals surface area contributed by atoms with Gasteiger partial charge >= 0.3 is 0 Å². The summed E-state index contributed by atoms with van der Waals surface area (Å²) in [7, 11) is 0. The molecule has 2 aromatic heterocycles. The van der Waals surface area contributed by atoms with Gasteiger partial charge in [-0.3, -0.25) is 0 Å². The smallest absolute Gasteiger partial charge is 0.258 e. The molecule has 3 rings (SSSR count). The summed E-state index contributed by atoms with van der Waals surface area (Å²) in [4.78, 5) is 16.1. The van der Waals surface area contributed by atoms with Gasteiger partial charge in [0.1, 0.15) is 12.7 Å². The molecule has 0 atom stereocenters. The third kappa shape index (κ3) is 3.09. The molecular formula is C11H8BrClN8. The van der Waals surface area contributed by atoms with Gasteiger partial charge in [-0.2, -0.15) is 24.7 Å². The van der Waals surface area contributed by atoms with Crippen molar-refractivity contribution >= 4 is 45.1 Å². The van der Waals surface area contributed by atoms with Crippen LogP contribution in [-0.4, -0.2) is 29.7 Å². The third-order valence-corrected chi connectivity index (χ3v) is 3.67. The Morgan fingerprint density at radius 3 is 2.81 bits per heavy atom. The summed E-state index contributed by atoms with van der Waals surface area (Å²) in [6.07, 6.45) is 2.84. The van der Waals surface area contributed by atoms with Crippen molar-refractivity contribution in [3.05, 3.63) is 40.3 Å². The van der Waals surface area contributed by atoms with Crippen LogP contribution in [-0.2, 0) is 0 Å². The summed E-state index contributed by atoms with van der Waals surface area (Å²) >= 11 is 9.36. The number of benzene rings is 1. The van der Waals surface area contributed by atoms with Gasteiger partial charge in [-0.1, -0.05) is 11.6 Å². The maximum absolute atomic E-state index is 6.04. The van der Waals surface area contributed by atoms with E-state index in [1.165, 1.54) is 17.3 Å². The number of nitrogen functional groups attached to an aromatic ring is 1. The number of nitrogens with zero attached hydrogens (tertiary/aromatic N) is 6. The fourth-order valence-electron chi connectivity index (χ4n) is 1.55. The number of nitrogens with two attached hydrogens (primary N) is 1. The van der Waals surface area contributed by atoms with Crippen molar-refractivity contribution in [3.8, 4) is 5.95 Å². The van der Waals surface area contributed by atoms with Crippen LogP contribution < -0.4 is 11.1 Å². The lowest BCUT2D eigenvalue weighted by Gasteiger charge is -2.07. The van der Waals surface area contributed by atoms with E-state index in [1.807, 2.05) is 12.1 Å². The third-order valence-electron chi connectivity index (χ3n) is 2.44. The van der Waals surface area contributed by atoms with Gasteiger partial charge in [0, 0.05) is 10.2 Å². The number of hydrogen-bond donors (Lipinski definition) is 2. The second-order valence-electron chi connectivity index (χ2n) is 3.91. The minimum atomic E-state index is 0.0706. The van der Waals surface area contributed by atoms with Gasteiger partial charge in [-0.25, -0.2) is 4.98 Å². The Morgan fingerprint density at radius 1 is 1.24 bits per heavy atom. The number of anilines is 3. The van der Waals surface area contributed by atoms with E-state index in [-0.39, 0.29) is 17.8 Å². The van der Waals surface area contributed by atoms with E-state index in [0.29, 0.717) is 5.02 Å². The molecule has 0 saturated carbocycles. The molecule has 0 aliphatic rings. The molecule has 21 heavy (non-hydrogen) atoms. The molecule has 0 aliphatic carbocycles. The Kier molecular flexibility index (Phi) is 3.67. The molecule has 3 aromatic rings. The van der Waals surface area contributed by atoms with Crippen LogP contribution in [0.3, 0.4) is 0 Å². The first-order valence-electron chi connectivity index (χ1n) is 5.70. The first kappa shape index (κ1) is 13.7. The summed E-state index contributed by atoms with van der Waals surface area (Å²) in [6, 6.07) is 5.37. The summed E-state index contributed by atoms with van der Waals surface area (Å²) in [5.74, 6) is 0.623. The van der Waals surface area contributed by atoms with Crippen molar-refractivity contribution in [2.75, 3.05) is 11.1 Å². The second kappa shape index (κ2) is 5.62. The van der Waals surface area contributed by atoms with Crippen LogP contribution in [0.4, 0.5) is 17.6 Å². The minimum absolute atomic E-state index is 0.0706. The van der Waals surface area contributed by atoms with Crippen molar-refractivity contribution in [1.29, 1.82) is 0 Å². The molecule has 0 unspecified atom stereocenters. The number of hydrogen-bond acceptors (Lipinski definition) is 7. The van der Waals surface area contributed by atoms with Gasteiger partial charge in [-0.15, -0.1) is 0 Å². The molecule has 0 radical (unpaired) electrons. The van der Waals surface area contributed by atoms with Gasteiger partial charge in [0.25, 0.3) is 5.95 Å². The monoisotopic (exact) mass is 366 g/mol. The van der Waals surface area contributed by atoms with Crippen molar-refractivity contribution < 1.29 is 0 Å². The van der Waals surface area contributed by atoms with Crippen molar-refractivity contribution in [2.24, 2.45) is 0 Å². The number of rotatable bonds is 3. The fourth-order valence-corrected chi connectivity index (χ4v) is 1.98. The highest BCUT2D eigenvalue weighted by atomic mass is 79.9. The highest BCUT2D eigenvalue weighted by Crippen LogP contribution is 2.26. The van der Waals surface area contributed by atoms with Gasteiger partial charge in [0.05, 0.1) is 5.02 Å². The van der Waals surface area contributed by atoms with Gasteiger partial charge < -0.3 is 11.1 Å². The number of halogens is 2. The largest absolute Gasteiger partial charge is 0.368 e. The Bertz CT molecular complexity index is 776. The average molecular weight is 368 g/mol. The van der Waals surface area contributed by atoms with E-state index < -0.39 is 0 Å². The predicted octanol–water partition coefficient (Wildman–Crippen LogP) is 2.19. The van der Waals surface area contributed by atoms with Crippen molar-refractivity contribution in [2.45, 2.75) is 0 Å². The van der Waals surface area contributed by atoms with Crippen LogP contribution in [0.25, 0.3) is 5.95 Å². The summed E-state index contributed by atoms with van der Waals surface area (Å²) in [6.45, 7) is 0. The zero-order chi connectivity index (χ0) is 14.8. The maximum Gasteiger partial charge on any atom is 0.258 e. The molecule has 8 nitrogen and oxygen atoms in total. The van der Waals surface area contributed by atoms with Crippen molar-refractivity contribution in [1.82, 2.24) is 29.7 Å². The van der Waals surface area contributed by atoms with Crippen LogP contribution in [0.2, 0.25) is 5.02 Å². The number of aromatic nitrogens is 6. The van der Waals surface area contributed by atoms with E-state index in [0.717, 1.165) is 10.2 Å². The van der Waals surface area contributed by atoms with Crippen LogP contribution in [0.1, 0.15) is 0 Å². The summed E-state index contributed by atoms with van der Waals surface area (Å²) in [5, 5.41) is 7.52. The molecule has 0 spiro atoms. The normalized spacial score (nSPS) is 10.6. The van der Waals surface area contributed by atoms with E-state index in [1.54, 1.807) is 6.07 Å². The Morgan fingerprint density at radius 2 is 2.10 bits per heavy atom. The Hall–Kier alpha value is -2.26. The predicted molar refractivity (Wildman–Crippen MR) is 81.6 cm³/mol. The second-order valence-corrected chi connectivity index (χ2v) is 5.17. The van der Waals surface area contributed by atoms with E-state index in [4.69, 9.17) is 17.3 Å². The molecule has 0 saturated heterocycles. The molecule has 2 heterocycles. The van der Waals surface area contributed by atoms with Crippen LogP contribution >= 0.6 is 27.5 Å². The molecule has 0 amide bonds. The zero-order valence-electron chi connectivity index (χ0n) is 10.4. The van der Waals surface area contributed by atoms with Crippen LogP contribution in [0, 0.1) is 0 Å². The highest BCUT2D eigenvalue weighted by Gasteiger charge is 2.08. The quantitative estimate of drug-likeness (QED) is 0.730. The molecule has 0 fully saturated rings. The summed E-state index contributed by atoms with van der Waals surface area (Å²) < 4.78 is 2.19. The average Bonchev–Trinajstić information content (AvgIpc) is 2.96. The van der Waals surface area contributed by atoms with Crippen LogP contribution in [0.5, 0.6) is 0 Å². The number of nitrogens with one attached hydrogen (secondary N) is 1. The van der Waals surface area contributed by atoms with Gasteiger partial charge in [-0.05, 0) is 34.1 Å². The minimum Gasteiger partial charge on any atom is -0.368 e. The lowest BCUT2D eigenvalue weighted by molar-refractivity contribution is 0.800. The lowest BCUT2D eigenvalue weighted by atomic mass is 10.3. The fraction of sp³-hybridized carbons (Fsp3) is 0. The molecule has 10 heteroatoms. The molecule has 0 bridgehead atoms. The molecular weight excluding hydrogens is 360 g/mol. The Balaban J connectivity index is 1.93. The standard InChI is InChI=1S/C11H8BrClN8/c12-7-2-1-6(3-8(7)13)17-10-18-9(14)19-11(20-10)21-5-15-4-16-21/h1-5H,(H3,14,17,18,19,20). The molecule has 1 aromatic carbocycles. The van der Waals surface area contributed by atoms with Crippen LogP contribution in [0.15, 0.2) is 35.3 Å². The SMILES string of the molecule is Nc1nc(Nc2ccc(Br)c(Cl)c2)nc(-n2cncn2)n1. The first-order valence-corrected chi connectivity index (χ1v) is 6.87. The van der Waals surface area contributed by atoms with Crippen molar-refractivity contribution in [3.63, 3.8) is 0 Å². The van der Waals surface area contributed by atoms with E-state index in [9.17, 15) is 0 Å². The van der Waals surface area contributed by atoms with E-state index >= 15 is 0 Å². The van der Waals surface area contributed by atoms with E-state index in [2.05, 4.69) is 46.3 Å². The topological polar surface area (TPSA) is 107 Å². The zero-order valence-corrected chi connectivity index (χ0v) is 12.7. The highest BCUT2D eigenvalue weighted by molar-refractivity contribution is 9.10. The maximum atomic E-state index is 6.04. The lowest BCUT2D eigenvalue weighted by Crippen LogP contribution is -2.09. The van der Waals surface area contributed by atoms with Gasteiger partial charge in [0.2, 0.25) is 11.9 Å². The Labute approximate surface area is 132 Å². The summed E-state index contributed by atoms with van der Waals surface area (Å²) in [5.41, 5.74) is 6.40. The molecule has 0 aliphatic heterocycles. The molecule has 3 N–H and O–H groups in total.